The van der Waals surface area contributed by atoms with E-state index < -0.39 is 0 Å². The van der Waals surface area contributed by atoms with Crippen LogP contribution in [0.15, 0.2) is 18.3 Å². The van der Waals surface area contributed by atoms with E-state index in [1.54, 1.807) is 6.20 Å². The van der Waals surface area contributed by atoms with E-state index in [0.29, 0.717) is 37.4 Å². The van der Waals surface area contributed by atoms with Gasteiger partial charge in [0.1, 0.15) is 5.82 Å². The molecule has 138 valence electrons. The Kier molecular flexibility index (Phi) is 6.26. The minimum Gasteiger partial charge on any atom is -0.378 e. The number of aromatic nitrogens is 1. The Morgan fingerprint density at radius 3 is 2.92 bits per heavy atom. The van der Waals surface area contributed by atoms with Gasteiger partial charge in [0, 0.05) is 37.9 Å². The van der Waals surface area contributed by atoms with Gasteiger partial charge >= 0.3 is 0 Å². The zero-order chi connectivity index (χ0) is 17.6. The minimum absolute atomic E-state index is 0.0360. The van der Waals surface area contributed by atoms with Crippen molar-refractivity contribution in [2.75, 3.05) is 44.3 Å². The fraction of sp³-hybridized carbons (Fsp3) is 0.684. The summed E-state index contributed by atoms with van der Waals surface area (Å²) in [5.41, 5.74) is 0.656. The van der Waals surface area contributed by atoms with Crippen LogP contribution in [0.25, 0.3) is 0 Å². The lowest BCUT2D eigenvalue weighted by Gasteiger charge is -2.38. The van der Waals surface area contributed by atoms with E-state index >= 15 is 0 Å². The molecule has 1 aromatic heterocycles. The first-order valence-electron chi connectivity index (χ1n) is 9.48. The molecule has 2 saturated heterocycles. The van der Waals surface area contributed by atoms with Gasteiger partial charge in [-0.2, -0.15) is 0 Å². The topological polar surface area (TPSA) is 57.7 Å². The molecular formula is C19H30N4O2. The monoisotopic (exact) mass is 346 g/mol. The highest BCUT2D eigenvalue weighted by atomic mass is 16.5. The summed E-state index contributed by atoms with van der Waals surface area (Å²) in [6.45, 7) is 9.20. The van der Waals surface area contributed by atoms with E-state index in [-0.39, 0.29) is 5.91 Å². The van der Waals surface area contributed by atoms with Crippen molar-refractivity contribution in [1.29, 1.82) is 0 Å². The van der Waals surface area contributed by atoms with Gasteiger partial charge < -0.3 is 15.0 Å². The molecule has 2 aliphatic heterocycles. The maximum absolute atomic E-state index is 12.7. The number of morpholine rings is 1. The van der Waals surface area contributed by atoms with Crippen LogP contribution in [0.2, 0.25) is 0 Å². The number of hydrogen-bond acceptors (Lipinski definition) is 5. The molecule has 6 heteroatoms. The maximum atomic E-state index is 12.7. The molecule has 3 heterocycles. The Morgan fingerprint density at radius 1 is 1.36 bits per heavy atom. The number of carbonyl (C=O) groups is 1. The van der Waals surface area contributed by atoms with Crippen molar-refractivity contribution in [3.8, 4) is 0 Å². The van der Waals surface area contributed by atoms with Crippen LogP contribution in [0, 0.1) is 0 Å². The third kappa shape index (κ3) is 4.50. The van der Waals surface area contributed by atoms with Crippen LogP contribution >= 0.6 is 0 Å². The van der Waals surface area contributed by atoms with E-state index in [2.05, 4.69) is 33.9 Å². The van der Waals surface area contributed by atoms with Gasteiger partial charge in [-0.1, -0.05) is 6.42 Å². The normalized spacial score (nSPS) is 23.3. The molecule has 2 atom stereocenters. The Balaban J connectivity index is 1.61. The number of rotatable bonds is 5. The number of nitrogens with zero attached hydrogens (tertiary/aromatic N) is 3. The summed E-state index contributed by atoms with van der Waals surface area (Å²) < 4.78 is 5.40. The molecule has 1 N–H and O–H groups in total. The van der Waals surface area contributed by atoms with Gasteiger partial charge in [-0.25, -0.2) is 4.98 Å². The average molecular weight is 346 g/mol. The summed E-state index contributed by atoms with van der Waals surface area (Å²) in [4.78, 5) is 21.8. The zero-order valence-electron chi connectivity index (χ0n) is 15.4. The highest BCUT2D eigenvalue weighted by Crippen LogP contribution is 2.20. The Morgan fingerprint density at radius 2 is 2.16 bits per heavy atom. The standard InChI is InChI=1S/C19H30N4O2/c1-15-6-3-4-9-23(15)16(2)14-21-19(24)17-7-5-8-20-18(17)22-10-12-25-13-11-22/h5,7-8,15-16H,3-4,6,9-14H2,1-2H3,(H,21,24)/t15-,16+/m0/s1. The smallest absolute Gasteiger partial charge is 0.255 e. The van der Waals surface area contributed by atoms with Gasteiger partial charge in [-0.05, 0) is 45.4 Å². The van der Waals surface area contributed by atoms with Gasteiger partial charge in [-0.3, -0.25) is 9.69 Å². The SMILES string of the molecule is C[C@H](CNC(=O)c1cccnc1N1CCOCC1)N1CCCC[C@@H]1C. The molecule has 0 saturated carbocycles. The molecule has 1 aromatic rings. The number of carbonyl (C=O) groups excluding carboxylic acids is 1. The zero-order valence-corrected chi connectivity index (χ0v) is 15.4. The van der Waals surface area contributed by atoms with Crippen LogP contribution in [0.5, 0.6) is 0 Å². The highest BCUT2D eigenvalue weighted by Gasteiger charge is 2.24. The van der Waals surface area contributed by atoms with Crippen molar-refractivity contribution in [3.63, 3.8) is 0 Å². The quantitative estimate of drug-likeness (QED) is 0.883. The number of piperidine rings is 1. The summed E-state index contributed by atoms with van der Waals surface area (Å²) >= 11 is 0. The molecular weight excluding hydrogens is 316 g/mol. The minimum atomic E-state index is -0.0360. The van der Waals surface area contributed by atoms with E-state index in [0.717, 1.165) is 25.5 Å². The van der Waals surface area contributed by atoms with E-state index in [1.807, 2.05) is 12.1 Å². The van der Waals surface area contributed by atoms with Crippen LogP contribution in [0.4, 0.5) is 5.82 Å². The third-order valence-corrected chi connectivity index (χ3v) is 5.32. The molecule has 0 aromatic carbocycles. The second-order valence-corrected chi connectivity index (χ2v) is 7.12. The van der Waals surface area contributed by atoms with E-state index in [9.17, 15) is 4.79 Å². The van der Waals surface area contributed by atoms with Crippen molar-refractivity contribution in [2.24, 2.45) is 0 Å². The first kappa shape index (κ1) is 18.1. The van der Waals surface area contributed by atoms with E-state index in [4.69, 9.17) is 4.74 Å². The molecule has 1 amide bonds. The fourth-order valence-electron chi connectivity index (χ4n) is 3.83. The number of anilines is 1. The predicted octanol–water partition coefficient (Wildman–Crippen LogP) is 1.91. The van der Waals surface area contributed by atoms with Crippen LogP contribution in [0.3, 0.4) is 0 Å². The van der Waals surface area contributed by atoms with Crippen molar-refractivity contribution in [3.05, 3.63) is 23.9 Å². The summed E-state index contributed by atoms with van der Waals surface area (Å²) in [7, 11) is 0. The van der Waals surface area contributed by atoms with Gasteiger partial charge in [0.25, 0.3) is 5.91 Å². The Labute approximate surface area is 150 Å². The summed E-state index contributed by atoms with van der Waals surface area (Å²) in [6.07, 6.45) is 5.57. The summed E-state index contributed by atoms with van der Waals surface area (Å²) in [5.74, 6) is 0.730. The molecule has 2 aliphatic rings. The lowest BCUT2D eigenvalue weighted by atomic mass is 10.0. The Hall–Kier alpha value is -1.66. The molecule has 2 fully saturated rings. The first-order chi connectivity index (χ1) is 12.2. The second kappa shape index (κ2) is 8.63. The van der Waals surface area contributed by atoms with Crippen molar-refractivity contribution >= 4 is 11.7 Å². The number of likely N-dealkylation sites (tertiary alicyclic amines) is 1. The molecule has 3 rings (SSSR count). The molecule has 0 radical (unpaired) electrons. The summed E-state index contributed by atoms with van der Waals surface area (Å²) in [5, 5.41) is 3.12. The lowest BCUT2D eigenvalue weighted by molar-refractivity contribution is 0.0885. The largest absolute Gasteiger partial charge is 0.378 e. The van der Waals surface area contributed by atoms with Crippen molar-refractivity contribution < 1.29 is 9.53 Å². The maximum Gasteiger partial charge on any atom is 0.255 e. The van der Waals surface area contributed by atoms with Crippen molar-refractivity contribution in [2.45, 2.75) is 45.2 Å². The van der Waals surface area contributed by atoms with Crippen molar-refractivity contribution in [1.82, 2.24) is 15.2 Å². The summed E-state index contributed by atoms with van der Waals surface area (Å²) in [6, 6.07) is 4.64. The van der Waals surface area contributed by atoms with Crippen LogP contribution in [0.1, 0.15) is 43.5 Å². The second-order valence-electron chi connectivity index (χ2n) is 7.12. The highest BCUT2D eigenvalue weighted by molar-refractivity contribution is 5.98. The molecule has 6 nitrogen and oxygen atoms in total. The number of pyridine rings is 1. The molecule has 0 unspecified atom stereocenters. The lowest BCUT2D eigenvalue weighted by Crippen LogP contribution is -2.48. The van der Waals surface area contributed by atoms with Gasteiger partial charge in [0.05, 0.1) is 18.8 Å². The number of hydrogen-bond donors (Lipinski definition) is 1. The predicted molar refractivity (Wildman–Crippen MR) is 99.1 cm³/mol. The van der Waals surface area contributed by atoms with Crippen LogP contribution in [-0.4, -0.2) is 67.3 Å². The molecule has 0 bridgehead atoms. The first-order valence-corrected chi connectivity index (χ1v) is 9.48. The number of nitrogens with one attached hydrogen (secondary N) is 1. The fourth-order valence-corrected chi connectivity index (χ4v) is 3.83. The number of amides is 1. The molecule has 0 aliphatic carbocycles. The van der Waals surface area contributed by atoms with Gasteiger partial charge in [0.2, 0.25) is 0 Å². The van der Waals surface area contributed by atoms with Gasteiger partial charge in [-0.15, -0.1) is 0 Å². The third-order valence-electron chi connectivity index (χ3n) is 5.32. The average Bonchev–Trinajstić information content (AvgIpc) is 2.67. The van der Waals surface area contributed by atoms with E-state index in [1.165, 1.54) is 19.3 Å². The number of ether oxygens (including phenoxy) is 1. The Bertz CT molecular complexity index is 574. The molecule has 0 spiro atoms. The van der Waals surface area contributed by atoms with Gasteiger partial charge in [0.15, 0.2) is 0 Å². The van der Waals surface area contributed by atoms with Crippen LogP contribution in [-0.2, 0) is 4.74 Å². The van der Waals surface area contributed by atoms with Crippen LogP contribution < -0.4 is 10.2 Å². The molecule has 25 heavy (non-hydrogen) atoms.